The molecule has 0 spiro atoms. The van der Waals surface area contributed by atoms with Gasteiger partial charge < -0.3 is 15.2 Å². The molecular weight excluding hydrogens is 235 g/mol. The van der Waals surface area contributed by atoms with Crippen LogP contribution in [0.15, 0.2) is 24.3 Å². The summed E-state index contributed by atoms with van der Waals surface area (Å²) in [5.74, 6) is 0.338. The van der Waals surface area contributed by atoms with E-state index in [0.717, 1.165) is 12.1 Å². The molecule has 17 heavy (non-hydrogen) atoms. The van der Waals surface area contributed by atoms with Gasteiger partial charge in [-0.2, -0.15) is 13.2 Å². The fourth-order valence-electron chi connectivity index (χ4n) is 1.25. The van der Waals surface area contributed by atoms with E-state index in [4.69, 9.17) is 15.2 Å². The second-order valence-electron chi connectivity index (χ2n) is 3.45. The van der Waals surface area contributed by atoms with Crippen LogP contribution in [0.5, 0.6) is 5.75 Å². The third-order valence-electron chi connectivity index (χ3n) is 2.10. The summed E-state index contributed by atoms with van der Waals surface area (Å²) in [6.45, 7) is 0.520. The Morgan fingerprint density at radius 2 is 1.82 bits per heavy atom. The summed E-state index contributed by atoms with van der Waals surface area (Å²) >= 11 is 0. The first kappa shape index (κ1) is 13.8. The van der Waals surface area contributed by atoms with Crippen LogP contribution in [0.2, 0.25) is 0 Å². The smallest absolute Gasteiger partial charge is 0.416 e. The Kier molecular flexibility index (Phi) is 4.77. The molecule has 1 aromatic carbocycles. The largest absolute Gasteiger partial charge is 0.487 e. The third kappa shape index (κ3) is 4.24. The Balaban J connectivity index is 2.68. The van der Waals surface area contributed by atoms with E-state index in [-0.39, 0.29) is 19.3 Å². The van der Waals surface area contributed by atoms with Crippen molar-refractivity contribution in [3.8, 4) is 5.75 Å². The number of nitrogens with two attached hydrogens (primary N) is 1. The number of hydrogen-bond acceptors (Lipinski definition) is 3. The van der Waals surface area contributed by atoms with Crippen molar-refractivity contribution in [2.45, 2.75) is 12.3 Å². The lowest BCUT2D eigenvalue weighted by atomic mass is 10.2. The average molecular weight is 249 g/mol. The molecule has 1 atom stereocenters. The van der Waals surface area contributed by atoms with Gasteiger partial charge in [-0.15, -0.1) is 0 Å². The number of benzene rings is 1. The highest BCUT2D eigenvalue weighted by Gasteiger charge is 2.30. The molecule has 0 aromatic heterocycles. The summed E-state index contributed by atoms with van der Waals surface area (Å²) in [5.41, 5.74) is 4.71. The van der Waals surface area contributed by atoms with Gasteiger partial charge >= 0.3 is 6.18 Å². The third-order valence-corrected chi connectivity index (χ3v) is 2.10. The van der Waals surface area contributed by atoms with Crippen molar-refractivity contribution in [3.63, 3.8) is 0 Å². The van der Waals surface area contributed by atoms with Gasteiger partial charge in [-0.3, -0.25) is 0 Å². The summed E-state index contributed by atoms with van der Waals surface area (Å²) in [6.07, 6.45) is -4.70. The lowest BCUT2D eigenvalue weighted by molar-refractivity contribution is -0.137. The van der Waals surface area contributed by atoms with E-state index in [1.54, 1.807) is 0 Å². The van der Waals surface area contributed by atoms with Gasteiger partial charge in [0.25, 0.3) is 0 Å². The summed E-state index contributed by atoms with van der Waals surface area (Å²) in [7, 11) is 1.50. The van der Waals surface area contributed by atoms with Gasteiger partial charge in [0, 0.05) is 13.7 Å². The van der Waals surface area contributed by atoms with E-state index in [0.29, 0.717) is 5.75 Å². The maximum atomic E-state index is 12.3. The molecule has 1 aromatic rings. The van der Waals surface area contributed by atoms with E-state index in [1.165, 1.54) is 19.2 Å². The van der Waals surface area contributed by atoms with Crippen molar-refractivity contribution in [3.05, 3.63) is 29.8 Å². The van der Waals surface area contributed by atoms with Gasteiger partial charge in [0.2, 0.25) is 0 Å². The molecule has 0 aliphatic carbocycles. The number of ether oxygens (including phenoxy) is 2. The highest BCUT2D eigenvalue weighted by Crippen LogP contribution is 2.30. The lowest BCUT2D eigenvalue weighted by Crippen LogP contribution is -2.31. The second-order valence-corrected chi connectivity index (χ2v) is 3.45. The predicted octanol–water partition coefficient (Wildman–Crippen LogP) is 2.06. The normalized spacial score (nSPS) is 13.5. The predicted molar refractivity (Wildman–Crippen MR) is 56.8 cm³/mol. The van der Waals surface area contributed by atoms with Crippen LogP contribution in [0.3, 0.4) is 0 Å². The van der Waals surface area contributed by atoms with Crippen LogP contribution in [-0.2, 0) is 10.9 Å². The zero-order valence-corrected chi connectivity index (χ0v) is 9.33. The Bertz CT molecular complexity index is 338. The van der Waals surface area contributed by atoms with Crippen LogP contribution >= 0.6 is 0 Å². The summed E-state index contributed by atoms with van der Waals surface area (Å²) in [5, 5.41) is 0. The van der Waals surface area contributed by atoms with Crippen LogP contribution in [0.1, 0.15) is 5.56 Å². The molecule has 0 fully saturated rings. The number of halogens is 3. The van der Waals surface area contributed by atoms with E-state index in [2.05, 4.69) is 0 Å². The van der Waals surface area contributed by atoms with Gasteiger partial charge in [-0.05, 0) is 24.3 Å². The van der Waals surface area contributed by atoms with E-state index in [1.807, 2.05) is 0 Å². The number of alkyl halides is 3. The molecule has 1 rings (SSSR count). The van der Waals surface area contributed by atoms with Crippen molar-refractivity contribution < 1.29 is 22.6 Å². The molecule has 0 bridgehead atoms. The Labute approximate surface area is 97.3 Å². The van der Waals surface area contributed by atoms with Crippen molar-refractivity contribution in [2.24, 2.45) is 5.73 Å². The first-order valence-electron chi connectivity index (χ1n) is 5.00. The van der Waals surface area contributed by atoms with Crippen LogP contribution in [0, 0.1) is 0 Å². The van der Waals surface area contributed by atoms with Crippen LogP contribution in [0.4, 0.5) is 13.2 Å². The highest BCUT2D eigenvalue weighted by molar-refractivity contribution is 5.29. The SMILES string of the molecule is COCC(CN)Oc1ccc(C(F)(F)F)cc1. The van der Waals surface area contributed by atoms with Crippen LogP contribution in [-0.4, -0.2) is 26.4 Å². The Hall–Kier alpha value is -1.27. The van der Waals surface area contributed by atoms with Crippen LogP contribution < -0.4 is 10.5 Å². The zero-order valence-electron chi connectivity index (χ0n) is 9.33. The van der Waals surface area contributed by atoms with Crippen molar-refractivity contribution in [2.75, 3.05) is 20.3 Å². The molecule has 0 saturated heterocycles. The first-order chi connectivity index (χ1) is 7.97. The summed E-state index contributed by atoms with van der Waals surface area (Å²) in [4.78, 5) is 0. The Morgan fingerprint density at radius 1 is 1.24 bits per heavy atom. The molecule has 0 radical (unpaired) electrons. The molecule has 0 saturated carbocycles. The van der Waals surface area contributed by atoms with Gasteiger partial charge in [0.05, 0.1) is 12.2 Å². The number of methoxy groups -OCH3 is 1. The number of rotatable bonds is 5. The Morgan fingerprint density at radius 3 is 2.24 bits per heavy atom. The molecular formula is C11H14F3NO2. The molecule has 0 amide bonds. The quantitative estimate of drug-likeness (QED) is 0.868. The summed E-state index contributed by atoms with van der Waals surface area (Å²) in [6, 6.07) is 4.47. The van der Waals surface area contributed by atoms with Crippen molar-refractivity contribution in [1.82, 2.24) is 0 Å². The minimum Gasteiger partial charge on any atom is -0.487 e. The van der Waals surface area contributed by atoms with Gasteiger partial charge in [-0.1, -0.05) is 0 Å². The van der Waals surface area contributed by atoms with Crippen LogP contribution in [0.25, 0.3) is 0 Å². The van der Waals surface area contributed by atoms with E-state index in [9.17, 15) is 13.2 Å². The van der Waals surface area contributed by atoms with Gasteiger partial charge in [-0.25, -0.2) is 0 Å². The van der Waals surface area contributed by atoms with Gasteiger partial charge in [0.1, 0.15) is 11.9 Å². The maximum absolute atomic E-state index is 12.3. The van der Waals surface area contributed by atoms with Crippen molar-refractivity contribution >= 4 is 0 Å². The topological polar surface area (TPSA) is 44.5 Å². The van der Waals surface area contributed by atoms with Crippen molar-refractivity contribution in [1.29, 1.82) is 0 Å². The molecule has 6 heteroatoms. The molecule has 96 valence electrons. The van der Waals surface area contributed by atoms with E-state index >= 15 is 0 Å². The fourth-order valence-corrected chi connectivity index (χ4v) is 1.25. The average Bonchev–Trinajstić information content (AvgIpc) is 2.28. The molecule has 0 aliphatic rings. The number of hydrogen-bond donors (Lipinski definition) is 1. The standard InChI is InChI=1S/C11H14F3NO2/c1-16-7-10(6-15)17-9-4-2-8(3-5-9)11(12,13)14/h2-5,10H,6-7,15H2,1H3. The minimum atomic E-state index is -4.33. The lowest BCUT2D eigenvalue weighted by Gasteiger charge is -2.16. The first-order valence-corrected chi connectivity index (χ1v) is 5.00. The monoisotopic (exact) mass is 249 g/mol. The molecule has 0 heterocycles. The maximum Gasteiger partial charge on any atom is 0.416 e. The highest BCUT2D eigenvalue weighted by atomic mass is 19.4. The van der Waals surface area contributed by atoms with Gasteiger partial charge in [0.15, 0.2) is 0 Å². The molecule has 3 nitrogen and oxygen atoms in total. The molecule has 1 unspecified atom stereocenters. The minimum absolute atomic E-state index is 0.231. The fraction of sp³-hybridized carbons (Fsp3) is 0.455. The summed E-state index contributed by atoms with van der Waals surface area (Å²) < 4.78 is 47.1. The van der Waals surface area contributed by atoms with E-state index < -0.39 is 11.7 Å². The molecule has 2 N–H and O–H groups in total. The zero-order chi connectivity index (χ0) is 12.9. The molecule has 0 aliphatic heterocycles. The second kappa shape index (κ2) is 5.88.